The van der Waals surface area contributed by atoms with E-state index in [-0.39, 0.29) is 0 Å². The third-order valence-electron chi connectivity index (χ3n) is 5.07. The summed E-state index contributed by atoms with van der Waals surface area (Å²) in [5.41, 5.74) is 1.04. The van der Waals surface area contributed by atoms with E-state index in [2.05, 4.69) is 6.58 Å². The van der Waals surface area contributed by atoms with Gasteiger partial charge in [0.15, 0.2) is 0 Å². The third kappa shape index (κ3) is 1.65. The Balaban J connectivity index is 1.76. The molecular weight excluding hydrogens is 196 g/mol. The summed E-state index contributed by atoms with van der Waals surface area (Å²) in [7, 11) is 0. The van der Waals surface area contributed by atoms with E-state index in [1.807, 2.05) is 6.92 Å². The van der Waals surface area contributed by atoms with Crippen LogP contribution in [-0.2, 0) is 4.79 Å². The maximum Gasteiger partial charge on any atom is 0.140 e. The zero-order chi connectivity index (χ0) is 11.3. The van der Waals surface area contributed by atoms with Crippen molar-refractivity contribution >= 4 is 5.78 Å². The summed E-state index contributed by atoms with van der Waals surface area (Å²) in [5.74, 6) is 4.32. The Morgan fingerprint density at radius 2 is 1.56 bits per heavy atom. The van der Waals surface area contributed by atoms with Crippen molar-refractivity contribution in [3.63, 3.8) is 0 Å². The topological polar surface area (TPSA) is 17.1 Å². The van der Waals surface area contributed by atoms with Gasteiger partial charge < -0.3 is 0 Å². The van der Waals surface area contributed by atoms with Crippen molar-refractivity contribution in [2.45, 2.75) is 45.4 Å². The quantitative estimate of drug-likeness (QED) is 0.662. The molecule has 4 rings (SSSR count). The summed E-state index contributed by atoms with van der Waals surface area (Å²) in [6, 6.07) is 0. The monoisotopic (exact) mass is 218 g/mol. The molecule has 0 aliphatic heterocycles. The summed E-state index contributed by atoms with van der Waals surface area (Å²) >= 11 is 0. The first-order valence-corrected chi connectivity index (χ1v) is 6.80. The molecular formula is C15H22O. The van der Waals surface area contributed by atoms with E-state index in [4.69, 9.17) is 0 Å². The van der Waals surface area contributed by atoms with Gasteiger partial charge in [-0.3, -0.25) is 4.79 Å². The lowest BCUT2D eigenvalue weighted by Crippen LogP contribution is -2.48. The van der Waals surface area contributed by atoms with Crippen LogP contribution in [0.25, 0.3) is 0 Å². The second kappa shape index (κ2) is 3.72. The SMILES string of the molecule is C=C(C)CC(=O)C1C2CC3CC(C2)CC1C3. The van der Waals surface area contributed by atoms with Crippen LogP contribution in [0.4, 0.5) is 0 Å². The molecule has 0 aromatic rings. The highest BCUT2D eigenvalue weighted by atomic mass is 16.1. The van der Waals surface area contributed by atoms with Crippen LogP contribution in [-0.4, -0.2) is 5.78 Å². The van der Waals surface area contributed by atoms with E-state index in [1.54, 1.807) is 0 Å². The fraction of sp³-hybridized carbons (Fsp3) is 0.800. The number of allylic oxidation sites excluding steroid dienone is 1. The van der Waals surface area contributed by atoms with Crippen LogP contribution >= 0.6 is 0 Å². The molecule has 0 N–H and O–H groups in total. The van der Waals surface area contributed by atoms with E-state index < -0.39 is 0 Å². The Morgan fingerprint density at radius 1 is 1.06 bits per heavy atom. The van der Waals surface area contributed by atoms with Crippen molar-refractivity contribution in [2.75, 3.05) is 0 Å². The Bertz CT molecular complexity index is 300. The predicted octanol–water partition coefficient (Wildman–Crippen LogP) is 3.59. The van der Waals surface area contributed by atoms with Gasteiger partial charge in [0.1, 0.15) is 5.78 Å². The average molecular weight is 218 g/mol. The van der Waals surface area contributed by atoms with Gasteiger partial charge in [0.2, 0.25) is 0 Å². The van der Waals surface area contributed by atoms with E-state index in [0.29, 0.717) is 18.1 Å². The van der Waals surface area contributed by atoms with Crippen LogP contribution in [0.5, 0.6) is 0 Å². The van der Waals surface area contributed by atoms with Gasteiger partial charge in [-0.05, 0) is 62.7 Å². The van der Waals surface area contributed by atoms with E-state index in [0.717, 1.165) is 29.2 Å². The molecule has 0 spiro atoms. The summed E-state index contributed by atoms with van der Waals surface area (Å²) in [4.78, 5) is 12.3. The second-order valence-electron chi connectivity index (χ2n) is 6.56. The standard InChI is InChI=1S/C15H22O/c1-9(2)3-14(16)15-12-5-10-4-11(7-12)8-13(15)6-10/h10-13,15H,1,3-8H2,2H3. The van der Waals surface area contributed by atoms with Crippen LogP contribution < -0.4 is 0 Å². The molecule has 88 valence electrons. The number of carbonyl (C=O) groups is 1. The molecule has 0 unspecified atom stereocenters. The first-order valence-electron chi connectivity index (χ1n) is 6.80. The molecule has 0 amide bonds. The van der Waals surface area contributed by atoms with Gasteiger partial charge in [-0.25, -0.2) is 0 Å². The van der Waals surface area contributed by atoms with Crippen molar-refractivity contribution in [3.05, 3.63) is 12.2 Å². The maximum atomic E-state index is 12.3. The van der Waals surface area contributed by atoms with Crippen molar-refractivity contribution in [1.29, 1.82) is 0 Å². The predicted molar refractivity (Wildman–Crippen MR) is 65.0 cm³/mol. The number of rotatable bonds is 3. The van der Waals surface area contributed by atoms with Gasteiger partial charge in [0.25, 0.3) is 0 Å². The number of ketones is 1. The highest BCUT2D eigenvalue weighted by molar-refractivity contribution is 5.84. The van der Waals surface area contributed by atoms with Gasteiger partial charge >= 0.3 is 0 Å². The van der Waals surface area contributed by atoms with Gasteiger partial charge in [-0.1, -0.05) is 12.2 Å². The molecule has 1 heteroatoms. The van der Waals surface area contributed by atoms with Crippen LogP contribution in [0.1, 0.15) is 45.4 Å². The van der Waals surface area contributed by atoms with Crippen molar-refractivity contribution in [3.8, 4) is 0 Å². The summed E-state index contributed by atoms with van der Waals surface area (Å²) in [6.45, 7) is 5.87. The van der Waals surface area contributed by atoms with E-state index >= 15 is 0 Å². The lowest BCUT2D eigenvalue weighted by atomic mass is 9.51. The molecule has 1 nitrogen and oxygen atoms in total. The fourth-order valence-corrected chi connectivity index (χ4v) is 4.87. The molecule has 0 heterocycles. The Kier molecular flexibility index (Phi) is 2.45. The normalized spacial score (nSPS) is 44.7. The van der Waals surface area contributed by atoms with Crippen LogP contribution in [0.3, 0.4) is 0 Å². The lowest BCUT2D eigenvalue weighted by molar-refractivity contribution is -0.135. The average Bonchev–Trinajstić information content (AvgIpc) is 2.13. The molecule has 4 aliphatic rings. The van der Waals surface area contributed by atoms with Crippen LogP contribution in [0, 0.1) is 29.6 Å². The molecule has 4 bridgehead atoms. The zero-order valence-electron chi connectivity index (χ0n) is 10.2. The molecule has 4 aliphatic carbocycles. The highest BCUT2D eigenvalue weighted by Crippen LogP contribution is 2.56. The Labute approximate surface area is 98.3 Å². The third-order valence-corrected chi connectivity index (χ3v) is 5.07. The summed E-state index contributed by atoms with van der Waals surface area (Å²) < 4.78 is 0. The van der Waals surface area contributed by atoms with E-state index in [1.165, 1.54) is 32.1 Å². The fourth-order valence-electron chi connectivity index (χ4n) is 4.87. The van der Waals surface area contributed by atoms with Crippen molar-refractivity contribution in [2.24, 2.45) is 29.6 Å². The minimum Gasteiger partial charge on any atom is -0.299 e. The minimum atomic E-state index is 0.407. The number of carbonyl (C=O) groups excluding carboxylic acids is 1. The number of hydrogen-bond donors (Lipinski definition) is 0. The highest BCUT2D eigenvalue weighted by Gasteiger charge is 2.50. The molecule has 0 radical (unpaired) electrons. The van der Waals surface area contributed by atoms with Crippen LogP contribution in [0.2, 0.25) is 0 Å². The Morgan fingerprint density at radius 3 is 2.00 bits per heavy atom. The maximum absolute atomic E-state index is 12.3. The van der Waals surface area contributed by atoms with Gasteiger partial charge in [-0.15, -0.1) is 0 Å². The summed E-state index contributed by atoms with van der Waals surface area (Å²) in [6.07, 6.45) is 7.49. The minimum absolute atomic E-state index is 0.407. The smallest absolute Gasteiger partial charge is 0.140 e. The van der Waals surface area contributed by atoms with Crippen molar-refractivity contribution < 1.29 is 4.79 Å². The second-order valence-corrected chi connectivity index (χ2v) is 6.56. The largest absolute Gasteiger partial charge is 0.299 e. The molecule has 0 atom stereocenters. The van der Waals surface area contributed by atoms with Gasteiger partial charge in [-0.2, -0.15) is 0 Å². The molecule has 0 aromatic carbocycles. The first-order chi connectivity index (χ1) is 7.63. The number of hydrogen-bond acceptors (Lipinski definition) is 1. The number of Topliss-reactive ketones (excluding diaryl/α,β-unsaturated/α-hetero) is 1. The molecule has 16 heavy (non-hydrogen) atoms. The lowest BCUT2D eigenvalue weighted by Gasteiger charge is -2.53. The first kappa shape index (κ1) is 10.6. The van der Waals surface area contributed by atoms with E-state index in [9.17, 15) is 4.79 Å². The Hall–Kier alpha value is -0.590. The molecule has 0 saturated heterocycles. The van der Waals surface area contributed by atoms with Gasteiger partial charge in [0.05, 0.1) is 0 Å². The molecule has 0 aromatic heterocycles. The van der Waals surface area contributed by atoms with Crippen LogP contribution in [0.15, 0.2) is 12.2 Å². The van der Waals surface area contributed by atoms with Crippen molar-refractivity contribution in [1.82, 2.24) is 0 Å². The zero-order valence-corrected chi connectivity index (χ0v) is 10.2. The molecule has 4 saturated carbocycles. The van der Waals surface area contributed by atoms with Gasteiger partial charge in [0, 0.05) is 12.3 Å². The summed E-state index contributed by atoms with van der Waals surface area (Å²) in [5, 5.41) is 0. The molecule has 4 fully saturated rings.